The smallest absolute Gasteiger partial charge is 0.341 e. The molecule has 1 unspecified atom stereocenters. The summed E-state index contributed by atoms with van der Waals surface area (Å²) in [6.45, 7) is 1.97. The first-order valence-electron chi connectivity index (χ1n) is 9.26. The number of nitrogens with zero attached hydrogens (tertiary/aromatic N) is 3. The van der Waals surface area contributed by atoms with E-state index in [1.165, 1.54) is 4.90 Å². The molecule has 1 aromatic carbocycles. The number of nitrogens with one attached hydrogen (secondary N) is 1. The molecule has 3 aromatic rings. The summed E-state index contributed by atoms with van der Waals surface area (Å²) in [5, 5.41) is 0.943. The summed E-state index contributed by atoms with van der Waals surface area (Å²) in [4.78, 5) is 15.0. The average Bonchev–Trinajstić information content (AvgIpc) is 3.28. The topological polar surface area (TPSA) is 44.8 Å². The van der Waals surface area contributed by atoms with E-state index in [-0.39, 0.29) is 5.92 Å². The summed E-state index contributed by atoms with van der Waals surface area (Å²) in [5.41, 5.74) is 2.86. The number of H-pyrrole nitrogens is 1. The number of hydrogen-bond acceptors (Lipinski definition) is 4. The molecule has 1 N–H and O–H groups in total. The van der Waals surface area contributed by atoms with Gasteiger partial charge in [0.25, 0.3) is 0 Å². The maximum absolute atomic E-state index is 12.7. The zero-order valence-electron chi connectivity index (χ0n) is 15.5. The molecule has 4 nitrogen and oxygen atoms in total. The quantitative estimate of drug-likeness (QED) is 0.644. The summed E-state index contributed by atoms with van der Waals surface area (Å²) in [6, 6.07) is 9.99. The van der Waals surface area contributed by atoms with Gasteiger partial charge >= 0.3 is 6.18 Å². The first kappa shape index (κ1) is 19.1. The molecule has 1 saturated heterocycles. The van der Waals surface area contributed by atoms with E-state index in [1.807, 2.05) is 37.3 Å². The lowest BCUT2D eigenvalue weighted by molar-refractivity contribution is -0.148. The van der Waals surface area contributed by atoms with E-state index in [9.17, 15) is 13.2 Å². The van der Waals surface area contributed by atoms with Crippen molar-refractivity contribution in [2.45, 2.75) is 31.9 Å². The normalized spacial score (nSPS) is 18.5. The van der Waals surface area contributed by atoms with Gasteiger partial charge in [0, 0.05) is 18.0 Å². The number of piperidine rings is 1. The molecule has 0 saturated carbocycles. The van der Waals surface area contributed by atoms with Crippen LogP contribution in [0.3, 0.4) is 0 Å². The van der Waals surface area contributed by atoms with Gasteiger partial charge in [0.15, 0.2) is 0 Å². The van der Waals surface area contributed by atoms with Crippen LogP contribution in [-0.2, 0) is 0 Å². The molecule has 0 amide bonds. The van der Waals surface area contributed by atoms with Gasteiger partial charge in [0.2, 0.25) is 0 Å². The lowest BCUT2D eigenvalue weighted by atomic mass is 9.97. The standard InChI is InChI=1S/C20H21F3N4S/c1-13-17(28-19(25-13)14-6-3-2-4-7-14)16-10-24-18(26-16)15-8-5-9-27(11-15)12-20(21,22)23/h2-4,6-7,10,15H,5,8-9,11-12H2,1H3,(H,24,26). The maximum atomic E-state index is 12.7. The molecule has 3 heterocycles. The Morgan fingerprint density at radius 3 is 2.79 bits per heavy atom. The Bertz CT molecular complexity index is 933. The number of hydrogen-bond donors (Lipinski definition) is 1. The minimum Gasteiger partial charge on any atom is -0.341 e. The SMILES string of the molecule is Cc1nc(-c2ccccc2)sc1-c1cnc(C2CCCN(CC(F)(F)F)C2)[nH]1. The summed E-state index contributed by atoms with van der Waals surface area (Å²) in [5.74, 6) is 0.752. The van der Waals surface area contributed by atoms with Crippen molar-refractivity contribution in [3.05, 3.63) is 48.0 Å². The van der Waals surface area contributed by atoms with E-state index in [2.05, 4.69) is 15.0 Å². The highest BCUT2D eigenvalue weighted by molar-refractivity contribution is 7.18. The number of likely N-dealkylation sites (tertiary alicyclic amines) is 1. The zero-order valence-corrected chi connectivity index (χ0v) is 16.3. The molecule has 4 rings (SSSR count). The van der Waals surface area contributed by atoms with Crippen LogP contribution >= 0.6 is 11.3 Å². The number of benzene rings is 1. The van der Waals surface area contributed by atoms with Gasteiger partial charge in [-0.15, -0.1) is 11.3 Å². The molecule has 1 atom stereocenters. The van der Waals surface area contributed by atoms with Gasteiger partial charge in [-0.05, 0) is 26.3 Å². The van der Waals surface area contributed by atoms with Crippen molar-refractivity contribution >= 4 is 11.3 Å². The van der Waals surface area contributed by atoms with Crippen LogP contribution in [0.2, 0.25) is 0 Å². The Morgan fingerprint density at radius 2 is 2.04 bits per heavy atom. The molecule has 8 heteroatoms. The maximum Gasteiger partial charge on any atom is 0.401 e. The van der Waals surface area contributed by atoms with Gasteiger partial charge in [0.1, 0.15) is 10.8 Å². The largest absolute Gasteiger partial charge is 0.401 e. The van der Waals surface area contributed by atoms with Crippen LogP contribution in [-0.4, -0.2) is 45.7 Å². The number of imidazole rings is 1. The molecule has 0 bridgehead atoms. The highest BCUT2D eigenvalue weighted by Gasteiger charge is 2.34. The van der Waals surface area contributed by atoms with Crippen LogP contribution in [0.1, 0.15) is 30.3 Å². The van der Waals surface area contributed by atoms with Gasteiger partial charge in [0.05, 0.1) is 29.0 Å². The molecule has 0 aliphatic carbocycles. The van der Waals surface area contributed by atoms with Crippen LogP contribution in [0, 0.1) is 6.92 Å². The molecule has 1 fully saturated rings. The van der Waals surface area contributed by atoms with Crippen LogP contribution in [0.4, 0.5) is 13.2 Å². The van der Waals surface area contributed by atoms with Crippen LogP contribution in [0.5, 0.6) is 0 Å². The van der Waals surface area contributed by atoms with E-state index in [4.69, 9.17) is 0 Å². The van der Waals surface area contributed by atoms with Crippen molar-refractivity contribution in [3.63, 3.8) is 0 Å². The summed E-state index contributed by atoms with van der Waals surface area (Å²) >= 11 is 1.59. The highest BCUT2D eigenvalue weighted by atomic mass is 32.1. The highest BCUT2D eigenvalue weighted by Crippen LogP contribution is 2.35. The third-order valence-corrected chi connectivity index (χ3v) is 6.19. The molecular formula is C20H21F3N4S. The molecule has 2 aromatic heterocycles. The van der Waals surface area contributed by atoms with Crippen molar-refractivity contribution in [1.82, 2.24) is 19.9 Å². The van der Waals surface area contributed by atoms with E-state index in [0.717, 1.165) is 45.5 Å². The van der Waals surface area contributed by atoms with E-state index >= 15 is 0 Å². The van der Waals surface area contributed by atoms with E-state index in [0.29, 0.717) is 13.1 Å². The minimum absolute atomic E-state index is 0.00771. The fraction of sp³-hybridized carbons (Fsp3) is 0.400. The van der Waals surface area contributed by atoms with Crippen LogP contribution in [0.15, 0.2) is 36.5 Å². The molecule has 1 aliphatic rings. The average molecular weight is 406 g/mol. The first-order valence-corrected chi connectivity index (χ1v) is 10.1. The lowest BCUT2D eigenvalue weighted by Gasteiger charge is -2.32. The molecule has 1 aliphatic heterocycles. The van der Waals surface area contributed by atoms with Crippen molar-refractivity contribution in [2.75, 3.05) is 19.6 Å². The first-order chi connectivity index (χ1) is 13.4. The monoisotopic (exact) mass is 406 g/mol. The molecule has 148 valence electrons. The predicted octanol–water partition coefficient (Wildman–Crippen LogP) is 5.25. The van der Waals surface area contributed by atoms with Crippen molar-refractivity contribution in [1.29, 1.82) is 0 Å². The fourth-order valence-electron chi connectivity index (χ4n) is 3.69. The third kappa shape index (κ3) is 4.28. The van der Waals surface area contributed by atoms with Crippen LogP contribution in [0.25, 0.3) is 21.1 Å². The number of aromatic nitrogens is 3. The summed E-state index contributed by atoms with van der Waals surface area (Å²) < 4.78 is 38.1. The zero-order chi connectivity index (χ0) is 19.7. The summed E-state index contributed by atoms with van der Waals surface area (Å²) in [6.07, 6.45) is -0.802. The number of aryl methyl sites for hydroxylation is 1. The second-order valence-electron chi connectivity index (χ2n) is 7.17. The molecule has 0 spiro atoms. The van der Waals surface area contributed by atoms with Crippen molar-refractivity contribution in [2.24, 2.45) is 0 Å². The van der Waals surface area contributed by atoms with E-state index in [1.54, 1.807) is 17.5 Å². The Morgan fingerprint density at radius 1 is 1.25 bits per heavy atom. The molecule has 0 radical (unpaired) electrons. The molecule has 28 heavy (non-hydrogen) atoms. The summed E-state index contributed by atoms with van der Waals surface area (Å²) in [7, 11) is 0. The van der Waals surface area contributed by atoms with Crippen molar-refractivity contribution < 1.29 is 13.2 Å². The van der Waals surface area contributed by atoms with Crippen molar-refractivity contribution in [3.8, 4) is 21.1 Å². The van der Waals surface area contributed by atoms with Gasteiger partial charge < -0.3 is 4.98 Å². The Balaban J connectivity index is 1.53. The predicted molar refractivity (Wildman–Crippen MR) is 104 cm³/mol. The minimum atomic E-state index is -4.16. The number of thiazole rings is 1. The van der Waals surface area contributed by atoms with Gasteiger partial charge in [-0.2, -0.15) is 13.2 Å². The third-order valence-electron chi connectivity index (χ3n) is 4.95. The number of aromatic amines is 1. The second-order valence-corrected chi connectivity index (χ2v) is 8.17. The fourth-order valence-corrected chi connectivity index (χ4v) is 4.72. The Kier molecular flexibility index (Phi) is 5.25. The lowest BCUT2D eigenvalue weighted by Crippen LogP contribution is -2.40. The van der Waals surface area contributed by atoms with Gasteiger partial charge in [-0.25, -0.2) is 9.97 Å². The van der Waals surface area contributed by atoms with E-state index < -0.39 is 12.7 Å². The Hall–Kier alpha value is -2.19. The molecular weight excluding hydrogens is 385 g/mol. The number of halogens is 3. The second kappa shape index (κ2) is 7.67. The van der Waals surface area contributed by atoms with Crippen LogP contribution < -0.4 is 0 Å². The van der Waals surface area contributed by atoms with Gasteiger partial charge in [-0.1, -0.05) is 30.3 Å². The number of alkyl halides is 3. The number of rotatable bonds is 4. The Labute approximate surface area is 165 Å². The van der Waals surface area contributed by atoms with Gasteiger partial charge in [-0.3, -0.25) is 4.90 Å².